The molecule has 18 heavy (non-hydrogen) atoms. The van der Waals surface area contributed by atoms with Crippen LogP contribution in [0.1, 0.15) is 46.9 Å². The Labute approximate surface area is 149 Å². The van der Waals surface area contributed by atoms with Gasteiger partial charge in [0, 0.05) is 0 Å². The predicted octanol–water partition coefficient (Wildman–Crippen LogP) is 2.08. The van der Waals surface area contributed by atoms with Crippen molar-refractivity contribution < 1.29 is 19.4 Å². The van der Waals surface area contributed by atoms with Gasteiger partial charge in [0.2, 0.25) is 0 Å². The summed E-state index contributed by atoms with van der Waals surface area (Å²) in [4.78, 5) is 22.5. The van der Waals surface area contributed by atoms with Gasteiger partial charge in [-0.05, 0) is 18.6 Å². The maximum absolute atomic E-state index is 11.6. The molecule has 0 amide bonds. The first-order valence-electron chi connectivity index (χ1n) is 5.66. The third-order valence-corrected chi connectivity index (χ3v) is 2.36. The SMILES string of the molecule is CCCCCOC(=O)c1ccccc1C(=O)O.[KH]. The molecule has 1 aromatic carbocycles. The number of benzene rings is 1. The van der Waals surface area contributed by atoms with Gasteiger partial charge in [-0.1, -0.05) is 31.9 Å². The summed E-state index contributed by atoms with van der Waals surface area (Å²) in [6, 6.07) is 6.06. The monoisotopic (exact) mass is 276 g/mol. The van der Waals surface area contributed by atoms with E-state index in [2.05, 4.69) is 6.92 Å². The van der Waals surface area contributed by atoms with Gasteiger partial charge < -0.3 is 9.84 Å². The molecule has 0 bridgehead atoms. The van der Waals surface area contributed by atoms with Gasteiger partial charge in [0.05, 0.1) is 17.7 Å². The van der Waals surface area contributed by atoms with E-state index in [4.69, 9.17) is 9.84 Å². The Kier molecular flexibility index (Phi) is 9.58. The van der Waals surface area contributed by atoms with E-state index in [1.54, 1.807) is 12.1 Å². The molecule has 1 rings (SSSR count). The fourth-order valence-corrected chi connectivity index (χ4v) is 1.44. The van der Waals surface area contributed by atoms with Crippen LogP contribution in [0.25, 0.3) is 0 Å². The predicted molar refractivity (Wildman–Crippen MR) is 70.4 cm³/mol. The van der Waals surface area contributed by atoms with Crippen LogP contribution in [0.15, 0.2) is 24.3 Å². The van der Waals surface area contributed by atoms with E-state index in [0.29, 0.717) is 6.61 Å². The van der Waals surface area contributed by atoms with E-state index >= 15 is 0 Å². The van der Waals surface area contributed by atoms with Gasteiger partial charge in [-0.25, -0.2) is 9.59 Å². The number of carbonyl (C=O) groups is 2. The number of unbranched alkanes of at least 4 members (excludes halogenated alkanes) is 2. The molecule has 0 aliphatic heterocycles. The Hall–Kier alpha value is -0.204. The summed E-state index contributed by atoms with van der Waals surface area (Å²) in [5, 5.41) is 8.92. The van der Waals surface area contributed by atoms with Gasteiger partial charge in [-0.3, -0.25) is 0 Å². The van der Waals surface area contributed by atoms with Crippen LogP contribution in [0.4, 0.5) is 0 Å². The van der Waals surface area contributed by atoms with Gasteiger partial charge >= 0.3 is 63.3 Å². The van der Waals surface area contributed by atoms with Crippen LogP contribution in [0, 0.1) is 0 Å². The van der Waals surface area contributed by atoms with Crippen molar-refractivity contribution in [1.29, 1.82) is 0 Å². The first-order chi connectivity index (χ1) is 8.16. The number of esters is 1. The van der Waals surface area contributed by atoms with Gasteiger partial charge in [0.1, 0.15) is 0 Å². The topological polar surface area (TPSA) is 63.6 Å². The molecule has 1 aromatic rings. The Bertz CT molecular complexity index is 404. The van der Waals surface area contributed by atoms with Gasteiger partial charge in [0.15, 0.2) is 0 Å². The minimum atomic E-state index is -1.12. The molecule has 0 fully saturated rings. The molecule has 0 saturated heterocycles. The maximum atomic E-state index is 11.6. The fraction of sp³-hybridized carbons (Fsp3) is 0.385. The van der Waals surface area contributed by atoms with Crippen LogP contribution in [0.5, 0.6) is 0 Å². The van der Waals surface area contributed by atoms with E-state index in [1.807, 2.05) is 0 Å². The first-order valence-corrected chi connectivity index (χ1v) is 5.66. The standard InChI is InChI=1S/C13H16O4.K.H/c1-2-3-6-9-17-13(16)11-8-5-4-7-10(11)12(14)15;;/h4-5,7-8H,2-3,6,9H2,1H3,(H,14,15);;. The fourth-order valence-electron chi connectivity index (χ4n) is 1.44. The Balaban J connectivity index is 0.00000289. The molecule has 94 valence electrons. The third-order valence-electron chi connectivity index (χ3n) is 2.36. The van der Waals surface area contributed by atoms with Crippen LogP contribution in [0.3, 0.4) is 0 Å². The van der Waals surface area contributed by atoms with Crippen molar-refractivity contribution in [3.8, 4) is 0 Å². The van der Waals surface area contributed by atoms with Crippen molar-refractivity contribution in [3.63, 3.8) is 0 Å². The molecule has 0 radical (unpaired) electrons. The van der Waals surface area contributed by atoms with Gasteiger partial charge in [-0.15, -0.1) is 0 Å². The van der Waals surface area contributed by atoms with E-state index in [9.17, 15) is 9.59 Å². The summed E-state index contributed by atoms with van der Waals surface area (Å²) in [6.45, 7) is 2.39. The van der Waals surface area contributed by atoms with Crippen LogP contribution < -0.4 is 0 Å². The summed E-state index contributed by atoms with van der Waals surface area (Å²) in [5.41, 5.74) is 0.0875. The van der Waals surface area contributed by atoms with Crippen LogP contribution in [-0.2, 0) is 4.74 Å². The number of ether oxygens (including phenoxy) is 1. The average molecular weight is 276 g/mol. The molecule has 0 aromatic heterocycles. The van der Waals surface area contributed by atoms with Crippen molar-refractivity contribution in [1.82, 2.24) is 0 Å². The summed E-state index contributed by atoms with van der Waals surface area (Å²) < 4.78 is 5.02. The normalized spacial score (nSPS) is 9.39. The van der Waals surface area contributed by atoms with E-state index in [0.717, 1.165) is 19.3 Å². The molecule has 5 heteroatoms. The second-order valence-electron chi connectivity index (χ2n) is 3.69. The Morgan fingerprint density at radius 2 is 1.78 bits per heavy atom. The molecule has 0 atom stereocenters. The van der Waals surface area contributed by atoms with Gasteiger partial charge in [0.25, 0.3) is 0 Å². The molecule has 0 aliphatic rings. The molecule has 0 spiro atoms. The zero-order valence-corrected chi connectivity index (χ0v) is 9.81. The molecule has 1 N–H and O–H groups in total. The van der Waals surface area contributed by atoms with Crippen LogP contribution in [0.2, 0.25) is 0 Å². The number of aromatic carboxylic acids is 1. The van der Waals surface area contributed by atoms with Crippen LogP contribution in [-0.4, -0.2) is 75.0 Å². The van der Waals surface area contributed by atoms with Crippen molar-refractivity contribution in [2.24, 2.45) is 0 Å². The number of hydrogen-bond acceptors (Lipinski definition) is 3. The molecule has 4 nitrogen and oxygen atoms in total. The van der Waals surface area contributed by atoms with Crippen LogP contribution >= 0.6 is 0 Å². The molecule has 0 heterocycles. The first kappa shape index (κ1) is 17.8. The Morgan fingerprint density at radius 3 is 2.33 bits per heavy atom. The molecule has 0 saturated carbocycles. The molecule has 0 aliphatic carbocycles. The zero-order valence-electron chi connectivity index (χ0n) is 9.81. The van der Waals surface area contributed by atoms with Gasteiger partial charge in [-0.2, -0.15) is 0 Å². The Morgan fingerprint density at radius 1 is 1.17 bits per heavy atom. The number of carbonyl (C=O) groups excluding carboxylic acids is 1. The van der Waals surface area contributed by atoms with Crippen molar-refractivity contribution in [3.05, 3.63) is 35.4 Å². The van der Waals surface area contributed by atoms with E-state index in [1.165, 1.54) is 12.1 Å². The second kappa shape index (κ2) is 9.69. The third kappa shape index (κ3) is 5.62. The molecule has 0 unspecified atom stereocenters. The molecular weight excluding hydrogens is 259 g/mol. The summed E-state index contributed by atoms with van der Waals surface area (Å²) in [7, 11) is 0. The number of rotatable bonds is 6. The van der Waals surface area contributed by atoms with Crippen molar-refractivity contribution in [2.75, 3.05) is 6.61 Å². The quantitative estimate of drug-likeness (QED) is 0.491. The second-order valence-corrected chi connectivity index (χ2v) is 3.69. The van der Waals surface area contributed by atoms with Crippen molar-refractivity contribution in [2.45, 2.75) is 26.2 Å². The molecular formula is C13H17KO4. The van der Waals surface area contributed by atoms with Crippen molar-refractivity contribution >= 4 is 63.3 Å². The summed E-state index contributed by atoms with van der Waals surface area (Å²) in [5.74, 6) is -1.69. The minimum absolute atomic E-state index is 0. The summed E-state index contributed by atoms with van der Waals surface area (Å²) >= 11 is 0. The average Bonchev–Trinajstić information content (AvgIpc) is 2.34. The number of hydrogen-bond donors (Lipinski definition) is 1. The summed E-state index contributed by atoms with van der Waals surface area (Å²) in [6.07, 6.45) is 2.84. The number of carboxylic acid groups (broad SMARTS) is 1. The zero-order chi connectivity index (χ0) is 12.7. The number of carboxylic acids is 1. The van der Waals surface area contributed by atoms with E-state index < -0.39 is 11.9 Å². The van der Waals surface area contributed by atoms with E-state index in [-0.39, 0.29) is 62.5 Å².